The first-order valence-corrected chi connectivity index (χ1v) is 8.03. The third kappa shape index (κ3) is 3.76. The summed E-state index contributed by atoms with van der Waals surface area (Å²) in [5.74, 6) is 0.360. The van der Waals surface area contributed by atoms with Crippen molar-refractivity contribution in [3.05, 3.63) is 48.0 Å². The van der Waals surface area contributed by atoms with Gasteiger partial charge in [-0.1, -0.05) is 12.1 Å². The predicted molar refractivity (Wildman–Crippen MR) is 87.9 cm³/mol. The molecule has 0 N–H and O–H groups in total. The highest BCUT2D eigenvalue weighted by molar-refractivity contribution is 5.77. The number of aromatic nitrogens is 2. The molecule has 126 valence electrons. The summed E-state index contributed by atoms with van der Waals surface area (Å²) in [5, 5.41) is 0. The van der Waals surface area contributed by atoms with Crippen LogP contribution in [0.3, 0.4) is 0 Å². The number of ether oxygens (including phenoxy) is 1. The molecule has 0 spiro atoms. The van der Waals surface area contributed by atoms with Crippen molar-refractivity contribution in [3.8, 4) is 11.4 Å². The molecule has 2 aromatic rings. The summed E-state index contributed by atoms with van der Waals surface area (Å²) in [5.41, 5.74) is 1.54. The van der Waals surface area contributed by atoms with Crippen LogP contribution >= 0.6 is 0 Å². The molecule has 6 heteroatoms. The van der Waals surface area contributed by atoms with Crippen LogP contribution in [0.25, 0.3) is 11.4 Å². The Balaban J connectivity index is 1.79. The number of hydrogen-bond acceptors (Lipinski definition) is 4. The Morgan fingerprint density at radius 3 is 3.08 bits per heavy atom. The van der Waals surface area contributed by atoms with Crippen molar-refractivity contribution in [1.29, 1.82) is 0 Å². The Labute approximate surface area is 140 Å². The number of hydrogen-bond donors (Lipinski definition) is 0. The summed E-state index contributed by atoms with van der Waals surface area (Å²) in [6.07, 6.45) is 3.59. The summed E-state index contributed by atoms with van der Waals surface area (Å²) in [4.78, 5) is 22.7. The molecule has 1 aliphatic rings. The lowest BCUT2D eigenvalue weighted by atomic mass is 9.94. The van der Waals surface area contributed by atoms with Gasteiger partial charge >= 0.3 is 0 Å². The van der Waals surface area contributed by atoms with Gasteiger partial charge in [-0.25, -0.2) is 14.4 Å². The van der Waals surface area contributed by atoms with Crippen molar-refractivity contribution in [2.75, 3.05) is 26.8 Å². The van der Waals surface area contributed by atoms with Crippen molar-refractivity contribution in [2.45, 2.75) is 18.8 Å². The number of likely N-dealkylation sites (tertiary alicyclic amines) is 1. The van der Waals surface area contributed by atoms with Gasteiger partial charge in [0.2, 0.25) is 5.91 Å². The Hall–Kier alpha value is -2.34. The second kappa shape index (κ2) is 7.49. The van der Waals surface area contributed by atoms with Gasteiger partial charge in [0.25, 0.3) is 0 Å². The van der Waals surface area contributed by atoms with Crippen LogP contribution in [0.15, 0.2) is 36.5 Å². The second-order valence-electron chi connectivity index (χ2n) is 5.93. The number of halogens is 1. The van der Waals surface area contributed by atoms with Gasteiger partial charge < -0.3 is 9.64 Å². The highest BCUT2D eigenvalue weighted by atomic mass is 19.1. The third-order valence-corrected chi connectivity index (χ3v) is 4.22. The molecule has 1 aromatic carbocycles. The molecule has 1 fully saturated rings. The Morgan fingerprint density at radius 2 is 2.29 bits per heavy atom. The average Bonchev–Trinajstić information content (AvgIpc) is 2.62. The minimum absolute atomic E-state index is 0.00149. The lowest BCUT2D eigenvalue weighted by molar-refractivity contribution is -0.136. The zero-order valence-corrected chi connectivity index (χ0v) is 13.6. The fourth-order valence-corrected chi connectivity index (χ4v) is 3.03. The quantitative estimate of drug-likeness (QED) is 0.865. The number of carbonyl (C=O) groups is 1. The van der Waals surface area contributed by atoms with Gasteiger partial charge in [0, 0.05) is 43.6 Å². The maximum atomic E-state index is 13.4. The largest absolute Gasteiger partial charge is 0.375 e. The van der Waals surface area contributed by atoms with E-state index in [2.05, 4.69) is 9.97 Å². The molecule has 1 saturated heterocycles. The predicted octanol–water partition coefficient (Wildman–Crippen LogP) is 2.64. The highest BCUT2D eigenvalue weighted by Crippen LogP contribution is 2.27. The maximum absolute atomic E-state index is 13.4. The minimum Gasteiger partial charge on any atom is -0.375 e. The molecule has 1 aliphatic heterocycles. The Kier molecular flexibility index (Phi) is 5.15. The molecule has 2 heterocycles. The minimum atomic E-state index is -0.310. The van der Waals surface area contributed by atoms with Crippen molar-refractivity contribution >= 4 is 5.91 Å². The monoisotopic (exact) mass is 329 g/mol. The Bertz CT molecular complexity index is 723. The number of piperidine rings is 1. The zero-order chi connectivity index (χ0) is 16.9. The topological polar surface area (TPSA) is 55.3 Å². The van der Waals surface area contributed by atoms with Crippen LogP contribution in [0.1, 0.15) is 24.5 Å². The van der Waals surface area contributed by atoms with Crippen LogP contribution < -0.4 is 0 Å². The van der Waals surface area contributed by atoms with Crippen LogP contribution in [-0.2, 0) is 9.53 Å². The van der Waals surface area contributed by atoms with Crippen LogP contribution in [0.5, 0.6) is 0 Å². The molecule has 0 aliphatic carbocycles. The van der Waals surface area contributed by atoms with E-state index in [9.17, 15) is 9.18 Å². The molecule has 5 nitrogen and oxygen atoms in total. The highest BCUT2D eigenvalue weighted by Gasteiger charge is 2.25. The molecule has 1 aromatic heterocycles. The van der Waals surface area contributed by atoms with E-state index in [-0.39, 0.29) is 24.2 Å². The summed E-state index contributed by atoms with van der Waals surface area (Å²) >= 11 is 0. The third-order valence-electron chi connectivity index (χ3n) is 4.22. The SMILES string of the molecule is COCC(=O)N1CCC[C@@H](c2ccnc(-c3cccc(F)c3)n2)C1. The number of amides is 1. The van der Waals surface area contributed by atoms with Gasteiger partial charge in [-0.15, -0.1) is 0 Å². The first kappa shape index (κ1) is 16.5. The van der Waals surface area contributed by atoms with Crippen LogP contribution in [0, 0.1) is 5.82 Å². The molecule has 24 heavy (non-hydrogen) atoms. The smallest absolute Gasteiger partial charge is 0.248 e. The first-order chi connectivity index (χ1) is 11.7. The van der Waals surface area contributed by atoms with Gasteiger partial charge in [0.1, 0.15) is 12.4 Å². The molecule has 0 bridgehead atoms. The number of rotatable bonds is 4. The van der Waals surface area contributed by atoms with E-state index >= 15 is 0 Å². The van der Waals surface area contributed by atoms with E-state index < -0.39 is 0 Å². The molecule has 1 atom stereocenters. The molecular formula is C18H20FN3O2. The fourth-order valence-electron chi connectivity index (χ4n) is 3.03. The summed E-state index contributed by atoms with van der Waals surface area (Å²) in [7, 11) is 1.52. The van der Waals surface area contributed by atoms with Crippen molar-refractivity contribution in [2.24, 2.45) is 0 Å². The lowest BCUT2D eigenvalue weighted by Gasteiger charge is -2.32. The lowest BCUT2D eigenvalue weighted by Crippen LogP contribution is -2.41. The molecule has 1 amide bonds. The molecule has 3 rings (SSSR count). The van der Waals surface area contributed by atoms with Crippen molar-refractivity contribution in [1.82, 2.24) is 14.9 Å². The summed E-state index contributed by atoms with van der Waals surface area (Å²) in [6, 6.07) is 8.13. The van der Waals surface area contributed by atoms with E-state index in [4.69, 9.17) is 4.74 Å². The average molecular weight is 329 g/mol. The molecule has 0 radical (unpaired) electrons. The van der Waals surface area contributed by atoms with Gasteiger partial charge in [-0.05, 0) is 31.0 Å². The number of benzene rings is 1. The first-order valence-electron chi connectivity index (χ1n) is 8.03. The molecular weight excluding hydrogens is 309 g/mol. The number of nitrogens with zero attached hydrogens (tertiary/aromatic N) is 3. The van der Waals surface area contributed by atoms with Crippen LogP contribution in [-0.4, -0.2) is 47.6 Å². The maximum Gasteiger partial charge on any atom is 0.248 e. The van der Waals surface area contributed by atoms with Crippen molar-refractivity contribution in [3.63, 3.8) is 0 Å². The molecule has 0 unspecified atom stereocenters. The van der Waals surface area contributed by atoms with Crippen LogP contribution in [0.4, 0.5) is 4.39 Å². The van der Waals surface area contributed by atoms with Gasteiger partial charge in [0.05, 0.1) is 0 Å². The normalized spacial score (nSPS) is 17.8. The van der Waals surface area contributed by atoms with E-state index in [1.165, 1.54) is 19.2 Å². The van der Waals surface area contributed by atoms with E-state index in [1.807, 2.05) is 11.0 Å². The summed E-state index contributed by atoms with van der Waals surface area (Å²) < 4.78 is 18.3. The van der Waals surface area contributed by atoms with E-state index in [1.54, 1.807) is 18.3 Å². The van der Waals surface area contributed by atoms with Gasteiger partial charge in [-0.3, -0.25) is 4.79 Å². The molecule has 0 saturated carbocycles. The standard InChI is InChI=1S/C18H20FN3O2/c1-24-12-17(23)22-9-3-5-14(11-22)16-7-8-20-18(21-16)13-4-2-6-15(19)10-13/h2,4,6-8,10,14H,3,5,9,11-12H2,1H3/t14-/m1/s1. The Morgan fingerprint density at radius 1 is 1.42 bits per heavy atom. The van der Waals surface area contributed by atoms with E-state index in [0.717, 1.165) is 25.1 Å². The second-order valence-corrected chi connectivity index (χ2v) is 5.93. The van der Waals surface area contributed by atoms with E-state index in [0.29, 0.717) is 17.9 Å². The van der Waals surface area contributed by atoms with Crippen molar-refractivity contribution < 1.29 is 13.9 Å². The van der Waals surface area contributed by atoms with Gasteiger partial charge in [0.15, 0.2) is 5.82 Å². The van der Waals surface area contributed by atoms with Gasteiger partial charge in [-0.2, -0.15) is 0 Å². The summed E-state index contributed by atoms with van der Waals surface area (Å²) in [6.45, 7) is 1.48. The van der Waals surface area contributed by atoms with Crippen LogP contribution in [0.2, 0.25) is 0 Å². The zero-order valence-electron chi connectivity index (χ0n) is 13.6. The number of carbonyl (C=O) groups excluding carboxylic acids is 1. The fraction of sp³-hybridized carbons (Fsp3) is 0.389. The number of methoxy groups -OCH3 is 1.